The molecule has 1 N–H and O–H groups in total. The van der Waals surface area contributed by atoms with E-state index in [1.54, 1.807) is 0 Å². The molecule has 1 aromatic rings. The maximum absolute atomic E-state index is 5.30. The Morgan fingerprint density at radius 1 is 1.60 bits per heavy atom. The number of rotatable bonds is 5. The lowest BCUT2D eigenvalue weighted by atomic mass is 9.99. The summed E-state index contributed by atoms with van der Waals surface area (Å²) in [7, 11) is 0. The number of aryl methyl sites for hydroxylation is 1. The highest BCUT2D eigenvalue weighted by molar-refractivity contribution is 5.25. The van der Waals surface area contributed by atoms with Gasteiger partial charge in [-0.1, -0.05) is 6.92 Å². The molecule has 0 aromatic carbocycles. The molecule has 15 heavy (non-hydrogen) atoms. The number of aromatic nitrogens is 1. The predicted molar refractivity (Wildman–Crippen MR) is 63.5 cm³/mol. The molecule has 0 aliphatic carbocycles. The van der Waals surface area contributed by atoms with E-state index in [1.165, 1.54) is 11.1 Å². The van der Waals surface area contributed by atoms with Crippen molar-refractivity contribution in [1.29, 1.82) is 0 Å². The second-order valence-electron chi connectivity index (χ2n) is 3.59. The fourth-order valence-corrected chi connectivity index (χ4v) is 1.72. The number of pyridine rings is 1. The summed E-state index contributed by atoms with van der Waals surface area (Å²) in [5.74, 6) is 2.69. The summed E-state index contributed by atoms with van der Waals surface area (Å²) >= 11 is 0. The van der Waals surface area contributed by atoms with Gasteiger partial charge >= 0.3 is 0 Å². The molecular formula is C13H18N2. The van der Waals surface area contributed by atoms with Crippen LogP contribution in [0.2, 0.25) is 0 Å². The largest absolute Gasteiger partial charge is 0.310 e. The van der Waals surface area contributed by atoms with Crippen LogP contribution in [-0.2, 0) is 0 Å². The highest BCUT2D eigenvalue weighted by Gasteiger charge is 2.11. The molecule has 1 heterocycles. The van der Waals surface area contributed by atoms with Crippen molar-refractivity contribution >= 4 is 0 Å². The molecule has 1 aromatic heterocycles. The maximum atomic E-state index is 5.30. The fourth-order valence-electron chi connectivity index (χ4n) is 1.72. The van der Waals surface area contributed by atoms with Crippen LogP contribution < -0.4 is 5.32 Å². The average Bonchev–Trinajstić information content (AvgIpc) is 2.25. The molecule has 1 atom stereocenters. The zero-order valence-electron chi connectivity index (χ0n) is 9.46. The lowest BCUT2D eigenvalue weighted by molar-refractivity contribution is 0.520. The second-order valence-corrected chi connectivity index (χ2v) is 3.59. The summed E-state index contributed by atoms with van der Waals surface area (Å²) in [5.41, 5.74) is 2.53. The van der Waals surface area contributed by atoms with Crippen molar-refractivity contribution in [2.24, 2.45) is 0 Å². The SMILES string of the molecule is C#CCCC(NCC)c1ccncc1C. The molecule has 0 bridgehead atoms. The fraction of sp³-hybridized carbons (Fsp3) is 0.462. The van der Waals surface area contributed by atoms with Gasteiger partial charge in [0.15, 0.2) is 0 Å². The van der Waals surface area contributed by atoms with Gasteiger partial charge in [-0.05, 0) is 37.1 Å². The van der Waals surface area contributed by atoms with Crippen molar-refractivity contribution in [2.75, 3.05) is 6.54 Å². The number of terminal acetylenes is 1. The summed E-state index contributed by atoms with van der Waals surface area (Å²) in [4.78, 5) is 4.10. The van der Waals surface area contributed by atoms with Gasteiger partial charge in [-0.3, -0.25) is 4.98 Å². The van der Waals surface area contributed by atoms with Crippen LogP contribution in [0.3, 0.4) is 0 Å². The Kier molecular flexibility index (Phi) is 4.86. The smallest absolute Gasteiger partial charge is 0.0332 e. The van der Waals surface area contributed by atoms with Gasteiger partial charge in [0.05, 0.1) is 0 Å². The Morgan fingerprint density at radius 2 is 2.40 bits per heavy atom. The molecule has 2 nitrogen and oxygen atoms in total. The monoisotopic (exact) mass is 202 g/mol. The molecule has 0 saturated heterocycles. The van der Waals surface area contributed by atoms with E-state index in [1.807, 2.05) is 12.4 Å². The minimum absolute atomic E-state index is 0.356. The van der Waals surface area contributed by atoms with Crippen LogP contribution in [0.25, 0.3) is 0 Å². The van der Waals surface area contributed by atoms with Crippen LogP contribution in [0, 0.1) is 19.3 Å². The highest BCUT2D eigenvalue weighted by atomic mass is 14.9. The summed E-state index contributed by atoms with van der Waals surface area (Å²) in [6.07, 6.45) is 10.8. The van der Waals surface area contributed by atoms with Gasteiger partial charge in [0.2, 0.25) is 0 Å². The van der Waals surface area contributed by atoms with Crippen LogP contribution in [0.4, 0.5) is 0 Å². The third-order valence-corrected chi connectivity index (χ3v) is 2.47. The Hall–Kier alpha value is -1.33. The lowest BCUT2D eigenvalue weighted by Crippen LogP contribution is -2.21. The summed E-state index contributed by atoms with van der Waals surface area (Å²) in [5, 5.41) is 3.45. The van der Waals surface area contributed by atoms with Gasteiger partial charge < -0.3 is 5.32 Å². The van der Waals surface area contributed by atoms with Gasteiger partial charge in [0.25, 0.3) is 0 Å². The molecule has 0 amide bonds. The van der Waals surface area contributed by atoms with E-state index in [0.717, 1.165) is 19.4 Å². The van der Waals surface area contributed by atoms with Gasteiger partial charge in [-0.2, -0.15) is 0 Å². The van der Waals surface area contributed by atoms with Crippen LogP contribution in [0.5, 0.6) is 0 Å². The Bertz CT molecular complexity index is 339. The zero-order valence-corrected chi connectivity index (χ0v) is 9.46. The van der Waals surface area contributed by atoms with Gasteiger partial charge in [0.1, 0.15) is 0 Å². The topological polar surface area (TPSA) is 24.9 Å². The maximum Gasteiger partial charge on any atom is 0.0332 e. The standard InChI is InChI=1S/C13H18N2/c1-4-6-7-13(15-5-2)12-8-9-14-10-11(12)3/h1,8-10,13,15H,5-7H2,2-3H3. The third-order valence-electron chi connectivity index (χ3n) is 2.47. The number of hydrogen-bond acceptors (Lipinski definition) is 2. The molecule has 1 unspecified atom stereocenters. The van der Waals surface area contributed by atoms with E-state index in [9.17, 15) is 0 Å². The molecule has 0 saturated carbocycles. The molecule has 0 aliphatic rings. The van der Waals surface area contributed by atoms with Crippen molar-refractivity contribution in [1.82, 2.24) is 10.3 Å². The van der Waals surface area contributed by atoms with Crippen LogP contribution >= 0.6 is 0 Å². The van der Waals surface area contributed by atoms with Crippen molar-refractivity contribution in [3.8, 4) is 12.3 Å². The minimum Gasteiger partial charge on any atom is -0.310 e. The van der Waals surface area contributed by atoms with Gasteiger partial charge in [-0.25, -0.2) is 0 Å². The molecule has 0 aliphatic heterocycles. The molecule has 1 rings (SSSR count). The third kappa shape index (κ3) is 3.38. The quantitative estimate of drug-likeness (QED) is 0.742. The van der Waals surface area contributed by atoms with Crippen molar-refractivity contribution in [2.45, 2.75) is 32.7 Å². The van der Waals surface area contributed by atoms with Crippen LogP contribution in [-0.4, -0.2) is 11.5 Å². The summed E-state index contributed by atoms with van der Waals surface area (Å²) < 4.78 is 0. The zero-order chi connectivity index (χ0) is 11.1. The van der Waals surface area contributed by atoms with E-state index in [4.69, 9.17) is 6.42 Å². The second kappa shape index (κ2) is 6.21. The van der Waals surface area contributed by atoms with E-state index in [-0.39, 0.29) is 0 Å². The Labute approximate surface area is 92.1 Å². The van der Waals surface area contributed by atoms with Crippen molar-refractivity contribution in [3.63, 3.8) is 0 Å². The molecular weight excluding hydrogens is 184 g/mol. The first-order valence-electron chi connectivity index (χ1n) is 5.37. The van der Waals surface area contributed by atoms with Crippen molar-refractivity contribution in [3.05, 3.63) is 29.6 Å². The van der Waals surface area contributed by atoms with E-state index >= 15 is 0 Å². The first kappa shape index (κ1) is 11.7. The van der Waals surface area contributed by atoms with E-state index in [0.29, 0.717) is 6.04 Å². The van der Waals surface area contributed by atoms with Crippen molar-refractivity contribution < 1.29 is 0 Å². The minimum atomic E-state index is 0.356. The summed E-state index contributed by atoms with van der Waals surface area (Å²) in [6, 6.07) is 2.42. The normalized spacial score (nSPS) is 12.1. The molecule has 0 radical (unpaired) electrons. The predicted octanol–water partition coefficient (Wildman–Crippen LogP) is 2.45. The Morgan fingerprint density at radius 3 is 3.00 bits per heavy atom. The van der Waals surface area contributed by atoms with Gasteiger partial charge in [-0.15, -0.1) is 12.3 Å². The average molecular weight is 202 g/mol. The lowest BCUT2D eigenvalue weighted by Gasteiger charge is -2.18. The molecule has 0 spiro atoms. The number of hydrogen-bond donors (Lipinski definition) is 1. The van der Waals surface area contributed by atoms with E-state index in [2.05, 4.69) is 36.1 Å². The molecule has 80 valence electrons. The van der Waals surface area contributed by atoms with E-state index < -0.39 is 0 Å². The summed E-state index contributed by atoms with van der Waals surface area (Å²) in [6.45, 7) is 5.15. The highest BCUT2D eigenvalue weighted by Crippen LogP contribution is 2.20. The Balaban J connectivity index is 2.79. The van der Waals surface area contributed by atoms with Gasteiger partial charge in [0, 0.05) is 24.9 Å². The molecule has 2 heteroatoms. The molecule has 0 fully saturated rings. The van der Waals surface area contributed by atoms with Crippen LogP contribution in [0.1, 0.15) is 36.9 Å². The first-order valence-corrected chi connectivity index (χ1v) is 5.37. The number of nitrogens with zero attached hydrogens (tertiary/aromatic N) is 1. The number of nitrogens with one attached hydrogen (secondary N) is 1. The van der Waals surface area contributed by atoms with Crippen LogP contribution in [0.15, 0.2) is 18.5 Å². The first-order chi connectivity index (χ1) is 7.29.